The van der Waals surface area contributed by atoms with Crippen LogP contribution in [0.3, 0.4) is 0 Å². The number of pyridine rings is 1. The Morgan fingerprint density at radius 2 is 1.88 bits per heavy atom. The zero-order valence-corrected chi connectivity index (χ0v) is 15.5. The summed E-state index contributed by atoms with van der Waals surface area (Å²) >= 11 is 0. The summed E-state index contributed by atoms with van der Waals surface area (Å²) in [6.45, 7) is 7.46. The lowest BCUT2D eigenvalue weighted by atomic mass is 9.80. The molecule has 0 atom stereocenters. The molecule has 8 heteroatoms. The summed E-state index contributed by atoms with van der Waals surface area (Å²) in [5, 5.41) is 21.5. The summed E-state index contributed by atoms with van der Waals surface area (Å²) in [5.74, 6) is -0.390. The molecule has 1 radical (unpaired) electrons. The predicted molar refractivity (Wildman–Crippen MR) is 93.1 cm³/mol. The number of esters is 1. The average Bonchev–Trinajstić information content (AvgIpc) is 3.01. The van der Waals surface area contributed by atoms with Gasteiger partial charge in [-0.1, -0.05) is 11.3 Å². The van der Waals surface area contributed by atoms with Crippen LogP contribution in [0.25, 0.3) is 11.4 Å². The molecule has 0 amide bonds. The molecule has 139 valence electrons. The van der Waals surface area contributed by atoms with Crippen LogP contribution in [0.5, 0.6) is 0 Å². The number of piperidine rings is 1. The summed E-state index contributed by atoms with van der Waals surface area (Å²) in [6.07, 6.45) is 4.05. The minimum absolute atomic E-state index is 0.0295. The Labute approximate surface area is 152 Å². The van der Waals surface area contributed by atoms with Crippen molar-refractivity contribution in [3.8, 4) is 11.4 Å². The number of nitrogens with zero attached hydrogens (tertiary/aromatic N) is 5. The van der Waals surface area contributed by atoms with Gasteiger partial charge < -0.3 is 4.74 Å². The smallest absolute Gasteiger partial charge is 0.328 e. The van der Waals surface area contributed by atoms with E-state index in [0.29, 0.717) is 24.2 Å². The number of carbonyl (C=O) groups excluding carboxylic acids is 1. The van der Waals surface area contributed by atoms with Gasteiger partial charge in [0.05, 0.1) is 11.9 Å². The first-order valence-corrected chi connectivity index (χ1v) is 8.66. The molecule has 0 spiro atoms. The van der Waals surface area contributed by atoms with Crippen molar-refractivity contribution >= 4 is 5.97 Å². The Kier molecular flexibility index (Phi) is 4.81. The molecule has 0 bridgehead atoms. The maximum Gasteiger partial charge on any atom is 0.328 e. The fourth-order valence-electron chi connectivity index (χ4n) is 3.62. The molecule has 0 aromatic carbocycles. The molecular formula is C18H24N5O3. The molecule has 3 rings (SSSR count). The Morgan fingerprint density at radius 1 is 1.19 bits per heavy atom. The van der Waals surface area contributed by atoms with Crippen molar-refractivity contribution in [2.75, 3.05) is 0 Å². The van der Waals surface area contributed by atoms with E-state index in [0.717, 1.165) is 5.06 Å². The maximum absolute atomic E-state index is 12.4. The Morgan fingerprint density at radius 3 is 2.50 bits per heavy atom. The van der Waals surface area contributed by atoms with Gasteiger partial charge in [-0.25, -0.2) is 4.68 Å². The van der Waals surface area contributed by atoms with Gasteiger partial charge >= 0.3 is 5.97 Å². The number of ether oxygens (including phenoxy) is 1. The second-order valence-corrected chi connectivity index (χ2v) is 7.96. The standard InChI is InChI=1S/C18H24N5O3/c1-17(2)9-13(10-18(3,4)23(17)25)26-16(24)12-22-11-15(20-21-22)14-7-5-6-8-19-14/h5-8,11,13H,9-10,12H2,1-4H3. The third kappa shape index (κ3) is 3.91. The lowest BCUT2D eigenvalue weighted by Crippen LogP contribution is -2.60. The fourth-order valence-corrected chi connectivity index (χ4v) is 3.62. The Balaban J connectivity index is 1.62. The quantitative estimate of drug-likeness (QED) is 0.778. The first-order chi connectivity index (χ1) is 12.2. The van der Waals surface area contributed by atoms with Gasteiger partial charge in [-0.05, 0) is 39.8 Å². The van der Waals surface area contributed by atoms with Crippen molar-refractivity contribution in [3.05, 3.63) is 30.6 Å². The Bertz CT molecular complexity index is 754. The van der Waals surface area contributed by atoms with Gasteiger partial charge in [-0.15, -0.1) is 15.4 Å². The average molecular weight is 358 g/mol. The summed E-state index contributed by atoms with van der Waals surface area (Å²) in [5.41, 5.74) is 0.136. The molecule has 1 fully saturated rings. The lowest BCUT2D eigenvalue weighted by Gasteiger charge is -2.49. The van der Waals surface area contributed by atoms with Gasteiger partial charge in [0.15, 0.2) is 0 Å². The third-order valence-corrected chi connectivity index (χ3v) is 4.61. The highest BCUT2D eigenvalue weighted by molar-refractivity contribution is 5.69. The largest absolute Gasteiger partial charge is 0.461 e. The van der Waals surface area contributed by atoms with E-state index in [2.05, 4.69) is 15.3 Å². The van der Waals surface area contributed by atoms with E-state index in [-0.39, 0.29) is 12.6 Å². The minimum atomic E-state index is -0.577. The molecule has 0 N–H and O–H groups in total. The van der Waals surface area contributed by atoms with E-state index in [9.17, 15) is 10.0 Å². The lowest BCUT2D eigenvalue weighted by molar-refractivity contribution is -0.299. The normalized spacial score (nSPS) is 20.0. The molecule has 2 aromatic rings. The number of aromatic nitrogens is 4. The second kappa shape index (κ2) is 6.77. The summed E-state index contributed by atoms with van der Waals surface area (Å²) < 4.78 is 7.06. The summed E-state index contributed by atoms with van der Waals surface area (Å²) in [7, 11) is 0. The maximum atomic E-state index is 12.4. The van der Waals surface area contributed by atoms with Gasteiger partial charge in [-0.3, -0.25) is 9.78 Å². The number of carbonyl (C=O) groups is 1. The van der Waals surface area contributed by atoms with Gasteiger partial charge in [0.2, 0.25) is 0 Å². The SMILES string of the molecule is CC1(C)CC(OC(=O)Cn2cc(-c3ccccn3)nn2)CC(C)(C)N1[O]. The van der Waals surface area contributed by atoms with E-state index in [1.54, 1.807) is 12.4 Å². The van der Waals surface area contributed by atoms with E-state index in [1.807, 2.05) is 45.9 Å². The van der Waals surface area contributed by atoms with Crippen LogP contribution in [-0.4, -0.2) is 48.2 Å². The van der Waals surface area contributed by atoms with Crippen LogP contribution in [-0.2, 0) is 21.3 Å². The fraction of sp³-hybridized carbons (Fsp3) is 0.556. The molecule has 2 aromatic heterocycles. The van der Waals surface area contributed by atoms with Crippen LogP contribution >= 0.6 is 0 Å². The van der Waals surface area contributed by atoms with E-state index < -0.39 is 17.0 Å². The molecule has 26 heavy (non-hydrogen) atoms. The van der Waals surface area contributed by atoms with Gasteiger partial charge in [0.25, 0.3) is 0 Å². The zero-order valence-electron chi connectivity index (χ0n) is 15.5. The number of hydroxylamine groups is 2. The molecule has 3 heterocycles. The molecule has 8 nitrogen and oxygen atoms in total. The Hall–Kier alpha value is -2.32. The summed E-state index contributed by atoms with van der Waals surface area (Å²) in [4.78, 5) is 16.5. The van der Waals surface area contributed by atoms with Crippen LogP contribution in [0.4, 0.5) is 0 Å². The third-order valence-electron chi connectivity index (χ3n) is 4.61. The van der Waals surface area contributed by atoms with Gasteiger partial charge in [-0.2, -0.15) is 0 Å². The highest BCUT2D eigenvalue weighted by Crippen LogP contribution is 2.38. The number of hydrogen-bond donors (Lipinski definition) is 0. The van der Waals surface area contributed by atoms with Crippen LogP contribution < -0.4 is 0 Å². The monoisotopic (exact) mass is 358 g/mol. The first kappa shape index (κ1) is 18.5. The van der Waals surface area contributed by atoms with Crippen molar-refractivity contribution in [3.63, 3.8) is 0 Å². The van der Waals surface area contributed by atoms with E-state index in [1.165, 1.54) is 4.68 Å². The van der Waals surface area contributed by atoms with Gasteiger partial charge in [0, 0.05) is 30.1 Å². The van der Waals surface area contributed by atoms with Crippen molar-refractivity contribution in [2.45, 2.75) is 64.3 Å². The van der Waals surface area contributed by atoms with Crippen molar-refractivity contribution in [1.29, 1.82) is 0 Å². The molecule has 0 aliphatic carbocycles. The van der Waals surface area contributed by atoms with E-state index >= 15 is 0 Å². The molecule has 0 saturated carbocycles. The first-order valence-electron chi connectivity index (χ1n) is 8.66. The number of rotatable bonds is 4. The second-order valence-electron chi connectivity index (χ2n) is 7.96. The number of hydrogen-bond acceptors (Lipinski definition) is 6. The molecule has 0 unspecified atom stereocenters. The van der Waals surface area contributed by atoms with Crippen molar-refractivity contribution in [1.82, 2.24) is 25.0 Å². The van der Waals surface area contributed by atoms with Gasteiger partial charge in [0.1, 0.15) is 18.3 Å². The molecule has 1 aliphatic heterocycles. The van der Waals surface area contributed by atoms with Crippen molar-refractivity contribution < 1.29 is 14.7 Å². The molecular weight excluding hydrogens is 334 g/mol. The van der Waals surface area contributed by atoms with Crippen molar-refractivity contribution in [2.24, 2.45) is 0 Å². The van der Waals surface area contributed by atoms with Crippen LogP contribution in [0.15, 0.2) is 30.6 Å². The van der Waals surface area contributed by atoms with Crippen LogP contribution in [0.2, 0.25) is 0 Å². The van der Waals surface area contributed by atoms with Crippen LogP contribution in [0.1, 0.15) is 40.5 Å². The van der Waals surface area contributed by atoms with E-state index in [4.69, 9.17) is 4.74 Å². The molecule has 1 saturated heterocycles. The highest BCUT2D eigenvalue weighted by Gasteiger charge is 2.47. The highest BCUT2D eigenvalue weighted by atomic mass is 16.5. The topological polar surface area (TPSA) is 93.0 Å². The predicted octanol–water partition coefficient (Wildman–Crippen LogP) is 2.25. The minimum Gasteiger partial charge on any atom is -0.461 e. The van der Waals surface area contributed by atoms with Crippen LogP contribution in [0, 0.1) is 0 Å². The molecule has 1 aliphatic rings. The summed E-state index contributed by atoms with van der Waals surface area (Å²) in [6, 6.07) is 5.51. The zero-order chi connectivity index (χ0) is 18.9.